The Hall–Kier alpha value is -0.351. The molecule has 0 unspecified atom stereocenters. The summed E-state index contributed by atoms with van der Waals surface area (Å²) < 4.78 is 29.9. The van der Waals surface area contributed by atoms with E-state index < -0.39 is 10.1 Å². The molecule has 12 heavy (non-hydrogen) atoms. The van der Waals surface area contributed by atoms with E-state index in [0.29, 0.717) is 5.56 Å². The van der Waals surface area contributed by atoms with E-state index in [4.69, 9.17) is 4.55 Å². The van der Waals surface area contributed by atoms with E-state index >= 15 is 0 Å². The monoisotopic (exact) mass is 227 g/mol. The zero-order valence-electron chi connectivity index (χ0n) is 6.36. The number of aryl methyl sites for hydroxylation is 1. The van der Waals surface area contributed by atoms with Gasteiger partial charge in [0.1, 0.15) is 0 Å². The molecule has 0 saturated heterocycles. The number of hydrogen-bond donors (Lipinski definition) is 1. The van der Waals surface area contributed by atoms with Crippen LogP contribution in [0, 0.1) is 6.92 Å². The van der Waals surface area contributed by atoms with Crippen LogP contribution in [0.3, 0.4) is 0 Å². The predicted octanol–water partition coefficient (Wildman–Crippen LogP) is 1.24. The van der Waals surface area contributed by atoms with Crippen LogP contribution in [-0.2, 0) is 27.2 Å². The summed E-state index contributed by atoms with van der Waals surface area (Å²) in [5, 5.41) is 0. The molecule has 1 aromatic rings. The third-order valence-corrected chi connectivity index (χ3v) is 2.39. The standard InChI is InChI=1S/C7H8O3S.Mn/c1-6-4-2-3-5-7(6)11(8,9)10;/h2-5H,1H3,(H,8,9,10);. The average molecular weight is 227 g/mol. The second-order valence-electron chi connectivity index (χ2n) is 2.24. The van der Waals surface area contributed by atoms with Crippen LogP contribution in [-0.4, -0.2) is 13.0 Å². The van der Waals surface area contributed by atoms with Crippen molar-refractivity contribution in [1.29, 1.82) is 0 Å². The van der Waals surface area contributed by atoms with Crippen LogP contribution >= 0.6 is 0 Å². The van der Waals surface area contributed by atoms with Crippen LogP contribution in [0.4, 0.5) is 0 Å². The molecule has 0 aliphatic carbocycles. The molecule has 5 heteroatoms. The van der Waals surface area contributed by atoms with Crippen molar-refractivity contribution in [2.24, 2.45) is 0 Å². The van der Waals surface area contributed by atoms with Gasteiger partial charge in [0.05, 0.1) is 4.90 Å². The van der Waals surface area contributed by atoms with Crippen molar-refractivity contribution in [3.05, 3.63) is 29.8 Å². The zero-order valence-corrected chi connectivity index (χ0v) is 8.36. The van der Waals surface area contributed by atoms with Crippen molar-refractivity contribution in [2.45, 2.75) is 11.8 Å². The number of hydrogen-bond acceptors (Lipinski definition) is 2. The molecule has 67 valence electrons. The second-order valence-corrected chi connectivity index (χ2v) is 3.63. The van der Waals surface area contributed by atoms with E-state index in [-0.39, 0.29) is 22.0 Å². The number of benzene rings is 1. The molecule has 0 saturated carbocycles. The van der Waals surface area contributed by atoms with Gasteiger partial charge in [-0.15, -0.1) is 0 Å². The largest absolute Gasteiger partial charge is 0.294 e. The van der Waals surface area contributed by atoms with Gasteiger partial charge >= 0.3 is 0 Å². The summed E-state index contributed by atoms with van der Waals surface area (Å²) in [5.41, 5.74) is 0.551. The first-order valence-corrected chi connectivity index (χ1v) is 4.49. The van der Waals surface area contributed by atoms with E-state index in [1.807, 2.05) is 0 Å². The van der Waals surface area contributed by atoms with Gasteiger partial charge in [0.15, 0.2) is 0 Å². The van der Waals surface area contributed by atoms with Crippen molar-refractivity contribution < 1.29 is 30.0 Å². The van der Waals surface area contributed by atoms with Gasteiger partial charge in [0, 0.05) is 17.1 Å². The van der Waals surface area contributed by atoms with Gasteiger partial charge in [0.25, 0.3) is 10.1 Å². The normalized spacial score (nSPS) is 10.5. The average Bonchev–Trinajstić information content (AvgIpc) is 1.86. The molecule has 1 aromatic carbocycles. The van der Waals surface area contributed by atoms with Gasteiger partial charge in [-0.3, -0.25) is 4.55 Å². The molecule has 1 radical (unpaired) electrons. The quantitative estimate of drug-likeness (QED) is 0.580. The zero-order chi connectivity index (χ0) is 8.48. The molecule has 3 nitrogen and oxygen atoms in total. The molecule has 0 aromatic heterocycles. The molecule has 0 aliphatic heterocycles. The van der Waals surface area contributed by atoms with Crippen molar-refractivity contribution in [3.63, 3.8) is 0 Å². The predicted molar refractivity (Wildman–Crippen MR) is 41.0 cm³/mol. The topological polar surface area (TPSA) is 54.4 Å². The van der Waals surface area contributed by atoms with Crippen LogP contribution in [0.1, 0.15) is 5.56 Å². The maximum Gasteiger partial charge on any atom is 0.294 e. The second kappa shape index (κ2) is 4.05. The minimum atomic E-state index is -4.03. The van der Waals surface area contributed by atoms with E-state index in [9.17, 15) is 8.42 Å². The molecule has 0 bridgehead atoms. The van der Waals surface area contributed by atoms with Gasteiger partial charge < -0.3 is 0 Å². The summed E-state index contributed by atoms with van der Waals surface area (Å²) in [4.78, 5) is -0.0278. The molecule has 0 atom stereocenters. The van der Waals surface area contributed by atoms with Crippen LogP contribution in [0.15, 0.2) is 29.2 Å². The summed E-state index contributed by atoms with van der Waals surface area (Å²) in [6, 6.07) is 6.27. The molecule has 0 spiro atoms. The molecule has 1 rings (SSSR count). The van der Waals surface area contributed by atoms with E-state index in [1.165, 1.54) is 6.07 Å². The summed E-state index contributed by atoms with van der Waals surface area (Å²) >= 11 is 0. The van der Waals surface area contributed by atoms with Gasteiger partial charge in [-0.25, -0.2) is 0 Å². The minimum Gasteiger partial charge on any atom is -0.282 e. The van der Waals surface area contributed by atoms with Crippen LogP contribution < -0.4 is 0 Å². The Kier molecular flexibility index (Phi) is 3.93. The fourth-order valence-corrected chi connectivity index (χ4v) is 1.57. The third-order valence-electron chi connectivity index (χ3n) is 1.37. The first-order valence-electron chi connectivity index (χ1n) is 3.05. The molecule has 1 N–H and O–H groups in total. The molecule has 0 fully saturated rings. The Morgan fingerprint density at radius 3 is 2.08 bits per heavy atom. The molecular weight excluding hydrogens is 219 g/mol. The van der Waals surface area contributed by atoms with Gasteiger partial charge in [-0.2, -0.15) is 8.42 Å². The fraction of sp³-hybridized carbons (Fsp3) is 0.143. The van der Waals surface area contributed by atoms with Crippen molar-refractivity contribution in [2.75, 3.05) is 0 Å². The Morgan fingerprint density at radius 1 is 1.25 bits per heavy atom. The van der Waals surface area contributed by atoms with Crippen LogP contribution in [0.5, 0.6) is 0 Å². The Labute approximate surface area is 82.0 Å². The Morgan fingerprint density at radius 2 is 1.75 bits per heavy atom. The third kappa shape index (κ3) is 2.60. The van der Waals surface area contributed by atoms with Crippen molar-refractivity contribution in [1.82, 2.24) is 0 Å². The maximum atomic E-state index is 10.6. The van der Waals surface area contributed by atoms with Crippen molar-refractivity contribution >= 4 is 10.1 Å². The first kappa shape index (κ1) is 11.6. The molecular formula is C7H8MnO3S. The molecule has 0 aliphatic rings. The Bertz CT molecular complexity index is 359. The number of rotatable bonds is 1. The van der Waals surface area contributed by atoms with Crippen LogP contribution in [0.2, 0.25) is 0 Å². The smallest absolute Gasteiger partial charge is 0.282 e. The van der Waals surface area contributed by atoms with E-state index in [1.54, 1.807) is 25.1 Å². The minimum absolute atomic E-state index is 0. The summed E-state index contributed by atoms with van der Waals surface area (Å²) in [6.07, 6.45) is 0. The van der Waals surface area contributed by atoms with Gasteiger partial charge in [-0.1, -0.05) is 18.2 Å². The molecule has 0 heterocycles. The first-order chi connectivity index (χ1) is 5.02. The summed E-state index contributed by atoms with van der Waals surface area (Å²) in [5.74, 6) is 0. The Balaban J connectivity index is 0.00000121. The summed E-state index contributed by atoms with van der Waals surface area (Å²) in [7, 11) is -4.03. The van der Waals surface area contributed by atoms with Crippen LogP contribution in [0.25, 0.3) is 0 Å². The SMILES string of the molecule is Cc1ccccc1S(=O)(=O)O.[Mn]. The summed E-state index contributed by atoms with van der Waals surface area (Å²) in [6.45, 7) is 1.63. The fourth-order valence-electron chi connectivity index (χ4n) is 0.846. The van der Waals surface area contributed by atoms with Gasteiger partial charge in [0.2, 0.25) is 0 Å². The van der Waals surface area contributed by atoms with E-state index in [0.717, 1.165) is 0 Å². The van der Waals surface area contributed by atoms with E-state index in [2.05, 4.69) is 0 Å². The maximum absolute atomic E-state index is 10.6. The van der Waals surface area contributed by atoms with Gasteiger partial charge in [-0.05, 0) is 18.6 Å². The molecule has 0 amide bonds. The van der Waals surface area contributed by atoms with Crippen molar-refractivity contribution in [3.8, 4) is 0 Å².